The molecule has 0 radical (unpaired) electrons. The zero-order valence-corrected chi connectivity index (χ0v) is 27.4. The number of hydrogen-bond acceptors (Lipinski definition) is 2. The third-order valence-corrected chi connectivity index (χ3v) is 16.4. The molecule has 7 aromatic rings. The molecule has 0 aromatic heterocycles. The van der Waals surface area contributed by atoms with Crippen LogP contribution in [-0.4, -0.2) is 16.6 Å². The molecule has 0 N–H and O–H groups in total. The van der Waals surface area contributed by atoms with E-state index in [-0.39, 0.29) is 0 Å². The molecule has 4 heteroatoms. The second-order valence-corrected chi connectivity index (χ2v) is 17.8. The number of hydrogen-bond donors (Lipinski definition) is 0. The van der Waals surface area contributed by atoms with Gasteiger partial charge in [0.1, 0.15) is 11.5 Å². The van der Waals surface area contributed by atoms with Crippen LogP contribution >= 0.6 is 0 Å². The van der Waals surface area contributed by atoms with Gasteiger partial charge in [-0.3, -0.25) is 0 Å². The number of para-hydroxylation sites is 2. The zero-order valence-electron chi connectivity index (χ0n) is 25.4. The van der Waals surface area contributed by atoms with Crippen molar-refractivity contribution in [3.63, 3.8) is 0 Å². The lowest BCUT2D eigenvalue weighted by Crippen LogP contribution is -2.73. The molecule has 7 rings (SSSR count). The molecule has 0 atom stereocenters. The lowest BCUT2D eigenvalue weighted by atomic mass is 10.3. The topological polar surface area (TPSA) is 18.5 Å². The first-order valence-corrected chi connectivity index (χ1v) is 19.4. The van der Waals surface area contributed by atoms with Gasteiger partial charge in [0.15, 0.2) is 0 Å². The molecular formula is C42H34O2Si2. The normalized spacial score (nSPS) is 11.5. The third kappa shape index (κ3) is 5.60. The molecule has 7 aromatic carbocycles. The van der Waals surface area contributed by atoms with E-state index in [1.54, 1.807) is 0 Å². The first kappa shape index (κ1) is 29.3. The fraction of sp³-hybridized carbons (Fsp3) is 0. The molecule has 0 saturated carbocycles. The largest absolute Gasteiger partial charge is 0.530 e. The van der Waals surface area contributed by atoms with E-state index in [0.717, 1.165) is 11.5 Å². The summed E-state index contributed by atoms with van der Waals surface area (Å²) in [6.07, 6.45) is 0. The molecular weight excluding hydrogens is 593 g/mol. The average molecular weight is 627 g/mol. The van der Waals surface area contributed by atoms with Gasteiger partial charge in [0.25, 0.3) is 0 Å². The summed E-state index contributed by atoms with van der Waals surface area (Å²) in [6, 6.07) is 72.4. The summed E-state index contributed by atoms with van der Waals surface area (Å²) in [5, 5.41) is 7.09. The second-order valence-electron chi connectivity index (χ2n) is 11.2. The van der Waals surface area contributed by atoms with E-state index < -0.39 is 16.6 Å². The fourth-order valence-corrected chi connectivity index (χ4v) is 13.9. The van der Waals surface area contributed by atoms with E-state index in [0.29, 0.717) is 0 Å². The molecule has 0 unspecified atom stereocenters. The SMILES string of the molecule is c1ccc(O[Si](c2ccccc2)(c2ccccc2)c2ccc([Si](Oc3ccccc3)(c3ccccc3)c3ccccc3)cc2)cc1. The maximum atomic E-state index is 7.27. The molecule has 0 aliphatic rings. The Kier molecular flexibility index (Phi) is 8.46. The van der Waals surface area contributed by atoms with Crippen molar-refractivity contribution in [3.8, 4) is 11.5 Å². The molecule has 0 aliphatic carbocycles. The summed E-state index contributed by atoms with van der Waals surface area (Å²) < 4.78 is 14.5. The molecule has 0 spiro atoms. The lowest BCUT2D eigenvalue weighted by molar-refractivity contribution is 0.576. The number of rotatable bonds is 10. The Morgan fingerprint density at radius 1 is 0.217 bits per heavy atom. The summed E-state index contributed by atoms with van der Waals surface area (Å²) in [4.78, 5) is 0. The fourth-order valence-electron chi connectivity index (χ4n) is 6.32. The van der Waals surface area contributed by atoms with Crippen LogP contribution in [0, 0.1) is 0 Å². The van der Waals surface area contributed by atoms with Crippen molar-refractivity contribution in [2.75, 3.05) is 0 Å². The standard InChI is InChI=1S/C42H34O2Si2/c1-7-19-35(20-8-1)43-45(37-23-11-3-12-24-37,38-25-13-4-14-26-38)41-31-33-42(34-32-41)46(39-27-15-5-16-28-39,40-29-17-6-18-30-40)44-36-21-9-2-10-22-36/h1-34H. The highest BCUT2D eigenvalue weighted by Crippen LogP contribution is 2.19. The minimum atomic E-state index is -3.00. The average Bonchev–Trinajstić information content (AvgIpc) is 3.15. The van der Waals surface area contributed by atoms with Crippen molar-refractivity contribution in [1.29, 1.82) is 0 Å². The minimum absolute atomic E-state index is 0.857. The van der Waals surface area contributed by atoms with Crippen LogP contribution in [0.15, 0.2) is 206 Å². The quantitative estimate of drug-likeness (QED) is 0.142. The zero-order chi connectivity index (χ0) is 31.1. The van der Waals surface area contributed by atoms with Crippen LogP contribution in [0.2, 0.25) is 0 Å². The van der Waals surface area contributed by atoms with Gasteiger partial charge in [-0.15, -0.1) is 0 Å². The summed E-state index contributed by atoms with van der Waals surface area (Å²) >= 11 is 0. The van der Waals surface area contributed by atoms with Crippen molar-refractivity contribution >= 4 is 47.8 Å². The Bertz CT molecular complexity index is 1730. The van der Waals surface area contributed by atoms with E-state index >= 15 is 0 Å². The Balaban J connectivity index is 1.46. The Labute approximate surface area is 273 Å². The van der Waals surface area contributed by atoms with Crippen molar-refractivity contribution < 1.29 is 8.85 Å². The van der Waals surface area contributed by atoms with Gasteiger partial charge < -0.3 is 8.85 Å². The highest BCUT2D eigenvalue weighted by atomic mass is 28.4. The predicted molar refractivity (Wildman–Crippen MR) is 196 cm³/mol. The van der Waals surface area contributed by atoms with Gasteiger partial charge in [-0.25, -0.2) is 0 Å². The molecule has 0 heterocycles. The van der Waals surface area contributed by atoms with Crippen molar-refractivity contribution in [2.24, 2.45) is 0 Å². The van der Waals surface area contributed by atoms with Gasteiger partial charge in [-0.1, -0.05) is 182 Å². The highest BCUT2D eigenvalue weighted by molar-refractivity contribution is 7.09. The van der Waals surface area contributed by atoms with Crippen LogP contribution in [-0.2, 0) is 0 Å². The molecule has 0 aliphatic heterocycles. The predicted octanol–water partition coefficient (Wildman–Crippen LogP) is 5.78. The molecule has 2 nitrogen and oxygen atoms in total. The van der Waals surface area contributed by atoms with Crippen LogP contribution in [0.4, 0.5) is 0 Å². The maximum absolute atomic E-state index is 7.27. The third-order valence-electron chi connectivity index (χ3n) is 8.45. The molecule has 0 saturated heterocycles. The van der Waals surface area contributed by atoms with Gasteiger partial charge in [0, 0.05) is 0 Å². The monoisotopic (exact) mass is 626 g/mol. The van der Waals surface area contributed by atoms with E-state index in [1.165, 1.54) is 31.1 Å². The Morgan fingerprint density at radius 2 is 0.413 bits per heavy atom. The van der Waals surface area contributed by atoms with Crippen molar-refractivity contribution in [3.05, 3.63) is 206 Å². The first-order valence-electron chi connectivity index (χ1n) is 15.6. The van der Waals surface area contributed by atoms with Crippen LogP contribution in [0.1, 0.15) is 0 Å². The van der Waals surface area contributed by atoms with E-state index in [1.807, 2.05) is 36.4 Å². The molecule has 0 bridgehead atoms. The van der Waals surface area contributed by atoms with E-state index in [9.17, 15) is 0 Å². The lowest BCUT2D eigenvalue weighted by Gasteiger charge is -2.35. The summed E-state index contributed by atoms with van der Waals surface area (Å²) in [7, 11) is -6.01. The number of benzene rings is 7. The summed E-state index contributed by atoms with van der Waals surface area (Å²) in [5.74, 6) is 1.71. The maximum Gasteiger partial charge on any atom is 0.346 e. The van der Waals surface area contributed by atoms with Crippen molar-refractivity contribution in [1.82, 2.24) is 0 Å². The first-order chi connectivity index (χ1) is 22.8. The van der Waals surface area contributed by atoms with Gasteiger partial charge in [0.2, 0.25) is 0 Å². The molecule has 0 fully saturated rings. The summed E-state index contributed by atoms with van der Waals surface area (Å²) in [6.45, 7) is 0. The van der Waals surface area contributed by atoms with Crippen molar-refractivity contribution in [2.45, 2.75) is 0 Å². The van der Waals surface area contributed by atoms with Gasteiger partial charge in [-0.05, 0) is 55.4 Å². The highest BCUT2D eigenvalue weighted by Gasteiger charge is 2.47. The van der Waals surface area contributed by atoms with Crippen LogP contribution < -0.4 is 40.0 Å². The van der Waals surface area contributed by atoms with Gasteiger partial charge in [-0.2, -0.15) is 0 Å². The molecule has 0 amide bonds. The minimum Gasteiger partial charge on any atom is -0.530 e. The Hall–Kier alpha value is -5.43. The smallest absolute Gasteiger partial charge is 0.346 e. The van der Waals surface area contributed by atoms with E-state index in [2.05, 4.69) is 170 Å². The van der Waals surface area contributed by atoms with E-state index in [4.69, 9.17) is 8.85 Å². The van der Waals surface area contributed by atoms with Crippen LogP contribution in [0.25, 0.3) is 0 Å². The van der Waals surface area contributed by atoms with Crippen LogP contribution in [0.3, 0.4) is 0 Å². The summed E-state index contributed by atoms with van der Waals surface area (Å²) in [5.41, 5.74) is 0. The van der Waals surface area contributed by atoms with Crippen LogP contribution in [0.5, 0.6) is 11.5 Å². The van der Waals surface area contributed by atoms with Gasteiger partial charge in [0.05, 0.1) is 0 Å². The van der Waals surface area contributed by atoms with Gasteiger partial charge >= 0.3 is 16.6 Å². The molecule has 222 valence electrons. The second kappa shape index (κ2) is 13.3. The Morgan fingerprint density at radius 3 is 0.652 bits per heavy atom. The molecule has 46 heavy (non-hydrogen) atoms.